The molecule has 1 atom stereocenters. The van der Waals surface area contributed by atoms with E-state index < -0.39 is 0 Å². The maximum atomic E-state index is 13.3. The van der Waals surface area contributed by atoms with E-state index >= 15 is 0 Å². The number of aromatic nitrogens is 3. The maximum Gasteiger partial charge on any atom is 0.263 e. The number of rotatable bonds is 8. The van der Waals surface area contributed by atoms with Crippen LogP contribution in [0.4, 0.5) is 4.39 Å². The Balaban J connectivity index is 1.80. The Kier molecular flexibility index (Phi) is 7.43. The van der Waals surface area contributed by atoms with Crippen LogP contribution in [0.1, 0.15) is 39.3 Å². The second kappa shape index (κ2) is 10.0. The van der Waals surface area contributed by atoms with Crippen molar-refractivity contribution in [2.45, 2.75) is 45.4 Å². The lowest BCUT2D eigenvalue weighted by Crippen LogP contribution is -2.33. The number of halogens is 1. The van der Waals surface area contributed by atoms with Gasteiger partial charge < -0.3 is 5.32 Å². The van der Waals surface area contributed by atoms with Crippen molar-refractivity contribution in [3.05, 3.63) is 64.3 Å². The van der Waals surface area contributed by atoms with Crippen molar-refractivity contribution >= 4 is 28.7 Å². The van der Waals surface area contributed by atoms with Crippen LogP contribution in [0.15, 0.2) is 52.5 Å². The molecule has 0 saturated carbocycles. The summed E-state index contributed by atoms with van der Waals surface area (Å²) < 4.78 is 14.9. The molecule has 0 radical (unpaired) electrons. The molecule has 1 amide bonds. The first-order chi connectivity index (χ1) is 14.8. The number of hydrogen-bond donors (Lipinski definition) is 1. The number of nitrogens with one attached hydrogen (secondary N) is 1. The van der Waals surface area contributed by atoms with Gasteiger partial charge in [0.25, 0.3) is 5.56 Å². The third kappa shape index (κ3) is 5.70. The van der Waals surface area contributed by atoms with Crippen molar-refractivity contribution in [3.63, 3.8) is 0 Å². The third-order valence-electron chi connectivity index (χ3n) is 4.79. The molecular weight excluding hydrogens is 415 g/mol. The molecule has 0 unspecified atom stereocenters. The minimum atomic E-state index is -0.313. The summed E-state index contributed by atoms with van der Waals surface area (Å²) in [6.45, 7) is 8.55. The van der Waals surface area contributed by atoms with Crippen LogP contribution in [0.25, 0.3) is 11.0 Å². The molecule has 0 aliphatic rings. The van der Waals surface area contributed by atoms with Gasteiger partial charge in [-0.2, -0.15) is 0 Å². The number of amides is 1. The zero-order chi connectivity index (χ0) is 22.5. The first-order valence-corrected chi connectivity index (χ1v) is 11.3. The molecule has 0 bridgehead atoms. The smallest absolute Gasteiger partial charge is 0.263 e. The molecule has 3 rings (SSSR count). The lowest BCUT2D eigenvalue weighted by molar-refractivity contribution is -0.119. The SMILES string of the molecule is CC(C)Cn1c(SCC(=O)N[C@H](c2ccc(F)cc2)C(C)C)nc2ncccc2c1=O. The molecule has 0 saturated heterocycles. The summed E-state index contributed by atoms with van der Waals surface area (Å²) in [6, 6.07) is 9.34. The number of benzene rings is 1. The van der Waals surface area contributed by atoms with Crippen LogP contribution in [-0.2, 0) is 11.3 Å². The van der Waals surface area contributed by atoms with Crippen LogP contribution in [0.5, 0.6) is 0 Å². The van der Waals surface area contributed by atoms with Gasteiger partial charge in [0.2, 0.25) is 5.91 Å². The van der Waals surface area contributed by atoms with E-state index in [9.17, 15) is 14.0 Å². The molecule has 0 aliphatic carbocycles. The van der Waals surface area contributed by atoms with Crippen LogP contribution in [-0.4, -0.2) is 26.2 Å². The predicted molar refractivity (Wildman–Crippen MR) is 121 cm³/mol. The summed E-state index contributed by atoms with van der Waals surface area (Å²) in [6.07, 6.45) is 1.60. The van der Waals surface area contributed by atoms with E-state index in [1.54, 1.807) is 35.0 Å². The van der Waals surface area contributed by atoms with E-state index in [1.165, 1.54) is 23.9 Å². The van der Waals surface area contributed by atoms with Gasteiger partial charge in [0.1, 0.15) is 5.82 Å². The monoisotopic (exact) mass is 442 g/mol. The predicted octanol–water partition coefficient (Wildman–Crippen LogP) is 4.19. The number of pyridine rings is 1. The molecule has 0 fully saturated rings. The Morgan fingerprint density at radius 2 is 1.87 bits per heavy atom. The quantitative estimate of drug-likeness (QED) is 0.418. The van der Waals surface area contributed by atoms with Crippen molar-refractivity contribution in [3.8, 4) is 0 Å². The molecular formula is C23H27FN4O2S. The summed E-state index contributed by atoms with van der Waals surface area (Å²) in [7, 11) is 0. The fourth-order valence-corrected chi connectivity index (χ4v) is 4.13. The van der Waals surface area contributed by atoms with E-state index in [0.29, 0.717) is 22.7 Å². The number of carbonyl (C=O) groups is 1. The van der Waals surface area contributed by atoms with Gasteiger partial charge in [-0.05, 0) is 41.7 Å². The Hall–Kier alpha value is -2.74. The summed E-state index contributed by atoms with van der Waals surface area (Å²) in [5.74, 6) is -0.0216. The molecule has 1 N–H and O–H groups in total. The van der Waals surface area contributed by atoms with Crippen molar-refractivity contribution in [2.24, 2.45) is 11.8 Å². The van der Waals surface area contributed by atoms with Crippen molar-refractivity contribution in [1.29, 1.82) is 0 Å². The van der Waals surface area contributed by atoms with E-state index in [4.69, 9.17) is 0 Å². The topological polar surface area (TPSA) is 76.9 Å². The minimum Gasteiger partial charge on any atom is -0.348 e. The molecule has 2 heterocycles. The van der Waals surface area contributed by atoms with Crippen LogP contribution in [0.3, 0.4) is 0 Å². The summed E-state index contributed by atoms with van der Waals surface area (Å²) in [4.78, 5) is 34.4. The Morgan fingerprint density at radius 3 is 2.52 bits per heavy atom. The summed E-state index contributed by atoms with van der Waals surface area (Å²) >= 11 is 1.22. The normalized spacial score (nSPS) is 12.5. The van der Waals surface area contributed by atoms with Crippen molar-refractivity contribution in [1.82, 2.24) is 19.9 Å². The molecule has 6 nitrogen and oxygen atoms in total. The molecule has 8 heteroatoms. The second-order valence-electron chi connectivity index (χ2n) is 8.21. The Labute approximate surface area is 185 Å². The molecule has 0 spiro atoms. The average Bonchev–Trinajstić information content (AvgIpc) is 2.73. The molecule has 164 valence electrons. The van der Waals surface area contributed by atoms with E-state index in [2.05, 4.69) is 15.3 Å². The fraction of sp³-hybridized carbons (Fsp3) is 0.391. The standard InChI is InChI=1S/C23H27FN4O2S/c1-14(2)12-28-22(30)18-6-5-11-25-21(18)27-23(28)31-13-19(29)26-20(15(3)4)16-7-9-17(24)10-8-16/h5-11,14-15,20H,12-13H2,1-4H3,(H,26,29)/t20-/m0/s1. The third-order valence-corrected chi connectivity index (χ3v) is 5.76. The molecule has 1 aromatic carbocycles. The second-order valence-corrected chi connectivity index (χ2v) is 9.15. The van der Waals surface area contributed by atoms with Gasteiger partial charge in [-0.3, -0.25) is 14.2 Å². The zero-order valence-corrected chi connectivity index (χ0v) is 18.9. The Morgan fingerprint density at radius 1 is 1.16 bits per heavy atom. The van der Waals surface area contributed by atoms with Crippen LogP contribution >= 0.6 is 11.8 Å². The van der Waals surface area contributed by atoms with Crippen LogP contribution in [0, 0.1) is 17.7 Å². The lowest BCUT2D eigenvalue weighted by Gasteiger charge is -2.23. The van der Waals surface area contributed by atoms with E-state index in [1.807, 2.05) is 27.7 Å². The van der Waals surface area contributed by atoms with Gasteiger partial charge in [0, 0.05) is 12.7 Å². The highest BCUT2D eigenvalue weighted by Crippen LogP contribution is 2.23. The maximum absolute atomic E-state index is 13.3. The summed E-state index contributed by atoms with van der Waals surface area (Å²) in [5, 5.41) is 3.96. The van der Waals surface area contributed by atoms with Gasteiger partial charge in [0.05, 0.1) is 17.2 Å². The average molecular weight is 443 g/mol. The van der Waals surface area contributed by atoms with Crippen molar-refractivity contribution in [2.75, 3.05) is 5.75 Å². The van der Waals surface area contributed by atoms with E-state index in [0.717, 1.165) is 5.56 Å². The molecule has 0 aliphatic heterocycles. The first-order valence-electron chi connectivity index (χ1n) is 10.3. The minimum absolute atomic E-state index is 0.104. The summed E-state index contributed by atoms with van der Waals surface area (Å²) in [5.41, 5.74) is 1.07. The van der Waals surface area contributed by atoms with Gasteiger partial charge in [0.15, 0.2) is 10.8 Å². The van der Waals surface area contributed by atoms with Gasteiger partial charge in [-0.25, -0.2) is 14.4 Å². The fourth-order valence-electron chi connectivity index (χ4n) is 3.32. The van der Waals surface area contributed by atoms with Gasteiger partial charge in [-0.15, -0.1) is 0 Å². The highest BCUT2D eigenvalue weighted by molar-refractivity contribution is 7.99. The van der Waals surface area contributed by atoms with Gasteiger partial charge >= 0.3 is 0 Å². The molecule has 31 heavy (non-hydrogen) atoms. The van der Waals surface area contributed by atoms with Crippen LogP contribution in [0.2, 0.25) is 0 Å². The Bertz CT molecular complexity index is 1110. The number of hydrogen-bond acceptors (Lipinski definition) is 5. The lowest BCUT2D eigenvalue weighted by atomic mass is 9.96. The number of thioether (sulfide) groups is 1. The zero-order valence-electron chi connectivity index (χ0n) is 18.1. The van der Waals surface area contributed by atoms with Crippen molar-refractivity contribution < 1.29 is 9.18 Å². The number of carbonyl (C=O) groups excluding carboxylic acids is 1. The van der Waals surface area contributed by atoms with Crippen LogP contribution < -0.4 is 10.9 Å². The van der Waals surface area contributed by atoms with E-state index in [-0.39, 0.29) is 40.9 Å². The number of nitrogens with zero attached hydrogens (tertiary/aromatic N) is 3. The number of fused-ring (bicyclic) bond motifs is 1. The highest BCUT2D eigenvalue weighted by atomic mass is 32.2. The molecule has 3 aromatic rings. The van der Waals surface area contributed by atoms with Gasteiger partial charge in [-0.1, -0.05) is 51.6 Å². The highest BCUT2D eigenvalue weighted by Gasteiger charge is 2.20. The molecule has 2 aromatic heterocycles. The first kappa shape index (κ1) is 22.9. The largest absolute Gasteiger partial charge is 0.348 e.